The van der Waals surface area contributed by atoms with Crippen LogP contribution in [0.3, 0.4) is 0 Å². The van der Waals surface area contributed by atoms with Crippen molar-refractivity contribution in [2.45, 2.75) is 83.7 Å². The molecule has 0 spiro atoms. The molecule has 1 saturated heterocycles. The van der Waals surface area contributed by atoms with Gasteiger partial charge in [-0.1, -0.05) is 19.1 Å². The van der Waals surface area contributed by atoms with Crippen molar-refractivity contribution in [1.29, 1.82) is 0 Å². The smallest absolute Gasteiger partial charge is 0.0390 e. The van der Waals surface area contributed by atoms with Crippen LogP contribution in [0.4, 0.5) is 5.69 Å². The summed E-state index contributed by atoms with van der Waals surface area (Å²) in [5, 5.41) is 3.79. The van der Waals surface area contributed by atoms with Gasteiger partial charge in [-0.2, -0.15) is 0 Å². The van der Waals surface area contributed by atoms with Crippen molar-refractivity contribution in [2.24, 2.45) is 5.92 Å². The standard InChI is InChI=1S/C22H34N2/c1-15-6-8-16(9-7-15)19-12-17(10-11-20(19)23)18-13-21(2,3)24-22(4,5)14-18/h8,10-12,15,18,24H,6-7,9,13-14,23H2,1-5H3. The summed E-state index contributed by atoms with van der Waals surface area (Å²) < 4.78 is 0. The number of hydrogen-bond acceptors (Lipinski definition) is 2. The van der Waals surface area contributed by atoms with E-state index in [1.165, 1.54) is 42.4 Å². The van der Waals surface area contributed by atoms with Gasteiger partial charge in [0.25, 0.3) is 0 Å². The van der Waals surface area contributed by atoms with Crippen LogP contribution < -0.4 is 11.1 Å². The van der Waals surface area contributed by atoms with E-state index < -0.39 is 0 Å². The maximum absolute atomic E-state index is 6.34. The molecule has 3 N–H and O–H groups in total. The Hall–Kier alpha value is -1.28. The Labute approximate surface area is 147 Å². The molecule has 132 valence electrons. The van der Waals surface area contributed by atoms with Gasteiger partial charge in [0.15, 0.2) is 0 Å². The molecular weight excluding hydrogens is 292 g/mol. The van der Waals surface area contributed by atoms with E-state index >= 15 is 0 Å². The van der Waals surface area contributed by atoms with Gasteiger partial charge in [0.1, 0.15) is 0 Å². The van der Waals surface area contributed by atoms with Crippen LogP contribution in [0, 0.1) is 5.92 Å². The van der Waals surface area contributed by atoms with Crippen LogP contribution in [-0.4, -0.2) is 11.1 Å². The fourth-order valence-corrected chi connectivity index (χ4v) is 4.87. The predicted molar refractivity (Wildman–Crippen MR) is 105 cm³/mol. The van der Waals surface area contributed by atoms with Gasteiger partial charge in [-0.25, -0.2) is 0 Å². The lowest BCUT2D eigenvalue weighted by Gasteiger charge is -2.47. The Morgan fingerprint density at radius 3 is 2.33 bits per heavy atom. The van der Waals surface area contributed by atoms with Crippen molar-refractivity contribution < 1.29 is 0 Å². The van der Waals surface area contributed by atoms with Crippen LogP contribution in [0.2, 0.25) is 0 Å². The summed E-state index contributed by atoms with van der Waals surface area (Å²) >= 11 is 0. The number of nitrogen functional groups attached to an aromatic ring is 1. The lowest BCUT2D eigenvalue weighted by atomic mass is 9.72. The van der Waals surface area contributed by atoms with Gasteiger partial charge in [0.05, 0.1) is 0 Å². The minimum atomic E-state index is 0.174. The van der Waals surface area contributed by atoms with Crippen molar-refractivity contribution in [2.75, 3.05) is 5.73 Å². The number of nitrogens with one attached hydrogen (secondary N) is 1. The van der Waals surface area contributed by atoms with Crippen LogP contribution in [0.15, 0.2) is 24.3 Å². The second-order valence-corrected chi connectivity index (χ2v) is 9.45. The molecule has 3 rings (SSSR count). The Morgan fingerprint density at radius 2 is 1.75 bits per heavy atom. The van der Waals surface area contributed by atoms with E-state index in [1.807, 2.05) is 0 Å². The average Bonchev–Trinajstić information content (AvgIpc) is 2.45. The van der Waals surface area contributed by atoms with Crippen LogP contribution in [0.25, 0.3) is 5.57 Å². The molecule has 1 heterocycles. The topological polar surface area (TPSA) is 38.0 Å². The molecule has 2 heteroatoms. The number of anilines is 1. The average molecular weight is 327 g/mol. The summed E-state index contributed by atoms with van der Waals surface area (Å²) in [5.41, 5.74) is 11.8. The van der Waals surface area contributed by atoms with E-state index in [0.29, 0.717) is 5.92 Å². The lowest BCUT2D eigenvalue weighted by molar-refractivity contribution is 0.162. The summed E-state index contributed by atoms with van der Waals surface area (Å²) in [7, 11) is 0. The zero-order valence-corrected chi connectivity index (χ0v) is 16.1. The van der Waals surface area contributed by atoms with Crippen molar-refractivity contribution in [3.63, 3.8) is 0 Å². The molecule has 0 aromatic heterocycles. The molecule has 0 radical (unpaired) electrons. The van der Waals surface area contributed by atoms with Crippen molar-refractivity contribution >= 4 is 11.3 Å². The first-order valence-electron chi connectivity index (χ1n) is 9.53. The largest absolute Gasteiger partial charge is 0.398 e. The monoisotopic (exact) mass is 326 g/mol. The molecule has 1 atom stereocenters. The third kappa shape index (κ3) is 3.85. The number of piperidine rings is 1. The van der Waals surface area contributed by atoms with Gasteiger partial charge in [0, 0.05) is 22.3 Å². The first-order chi connectivity index (χ1) is 11.2. The molecule has 1 aromatic carbocycles. The highest BCUT2D eigenvalue weighted by atomic mass is 15.0. The molecule has 1 aliphatic heterocycles. The molecule has 0 saturated carbocycles. The molecule has 1 unspecified atom stereocenters. The van der Waals surface area contributed by atoms with E-state index in [0.717, 1.165) is 18.0 Å². The molecule has 0 amide bonds. The maximum Gasteiger partial charge on any atom is 0.0390 e. The molecule has 2 nitrogen and oxygen atoms in total. The predicted octanol–water partition coefficient (Wildman–Crippen LogP) is 5.50. The van der Waals surface area contributed by atoms with Crippen LogP contribution in [0.5, 0.6) is 0 Å². The molecule has 1 fully saturated rings. The highest BCUT2D eigenvalue weighted by Crippen LogP contribution is 2.41. The highest BCUT2D eigenvalue weighted by Gasteiger charge is 2.38. The third-order valence-electron chi connectivity index (χ3n) is 5.76. The second-order valence-electron chi connectivity index (χ2n) is 9.45. The van der Waals surface area contributed by atoms with Crippen LogP contribution >= 0.6 is 0 Å². The molecule has 0 bridgehead atoms. The van der Waals surface area contributed by atoms with Gasteiger partial charge >= 0.3 is 0 Å². The molecule has 2 aliphatic rings. The van der Waals surface area contributed by atoms with Crippen molar-refractivity contribution in [3.05, 3.63) is 35.4 Å². The molecule has 24 heavy (non-hydrogen) atoms. The van der Waals surface area contributed by atoms with E-state index in [1.54, 1.807) is 0 Å². The Morgan fingerprint density at radius 1 is 1.08 bits per heavy atom. The SMILES string of the molecule is CC1CC=C(c2cc(C3CC(C)(C)NC(C)(C)C3)ccc2N)CC1. The Balaban J connectivity index is 1.91. The third-order valence-corrected chi connectivity index (χ3v) is 5.76. The van der Waals surface area contributed by atoms with E-state index in [9.17, 15) is 0 Å². The molecule has 1 aliphatic carbocycles. The fraction of sp³-hybridized carbons (Fsp3) is 0.636. The van der Waals surface area contributed by atoms with Gasteiger partial charge in [0.2, 0.25) is 0 Å². The highest BCUT2D eigenvalue weighted by molar-refractivity contribution is 5.76. The summed E-state index contributed by atoms with van der Waals surface area (Å²) in [6.07, 6.45) is 8.40. The maximum atomic E-state index is 6.34. The first kappa shape index (κ1) is 17.5. The first-order valence-corrected chi connectivity index (χ1v) is 9.53. The number of rotatable bonds is 2. The second kappa shape index (κ2) is 6.22. The minimum Gasteiger partial charge on any atom is -0.398 e. The summed E-state index contributed by atoms with van der Waals surface area (Å²) in [4.78, 5) is 0. The van der Waals surface area contributed by atoms with E-state index in [-0.39, 0.29) is 11.1 Å². The molecular formula is C22H34N2. The quantitative estimate of drug-likeness (QED) is 0.705. The van der Waals surface area contributed by atoms with Gasteiger partial charge in [-0.3, -0.25) is 0 Å². The normalized spacial score (nSPS) is 26.9. The van der Waals surface area contributed by atoms with Crippen molar-refractivity contribution in [1.82, 2.24) is 5.32 Å². The summed E-state index contributed by atoms with van der Waals surface area (Å²) in [5.74, 6) is 1.41. The fourth-order valence-electron chi connectivity index (χ4n) is 4.87. The zero-order valence-electron chi connectivity index (χ0n) is 16.1. The van der Waals surface area contributed by atoms with Gasteiger partial charge in [-0.15, -0.1) is 0 Å². The number of allylic oxidation sites excluding steroid dienone is 2. The van der Waals surface area contributed by atoms with Gasteiger partial charge in [-0.05, 0) is 94.9 Å². The van der Waals surface area contributed by atoms with Crippen LogP contribution in [-0.2, 0) is 0 Å². The summed E-state index contributed by atoms with van der Waals surface area (Å²) in [6.45, 7) is 11.6. The molecule has 1 aromatic rings. The zero-order chi connectivity index (χ0) is 17.5. The number of hydrogen-bond donors (Lipinski definition) is 2. The van der Waals surface area contributed by atoms with Gasteiger partial charge < -0.3 is 11.1 Å². The van der Waals surface area contributed by atoms with E-state index in [4.69, 9.17) is 5.73 Å². The summed E-state index contributed by atoms with van der Waals surface area (Å²) in [6, 6.07) is 6.78. The number of nitrogens with two attached hydrogens (primary N) is 1. The van der Waals surface area contributed by atoms with Crippen molar-refractivity contribution in [3.8, 4) is 0 Å². The minimum absolute atomic E-state index is 0.174. The van der Waals surface area contributed by atoms with E-state index in [2.05, 4.69) is 64.2 Å². The number of benzene rings is 1. The van der Waals surface area contributed by atoms with Crippen LogP contribution in [0.1, 0.15) is 83.8 Å². The Kier molecular flexibility index (Phi) is 4.55. The Bertz CT molecular complexity index is 623. The lowest BCUT2D eigenvalue weighted by Crippen LogP contribution is -2.57.